The second kappa shape index (κ2) is 8.53. The topological polar surface area (TPSA) is 92.6 Å². The number of benzene rings is 3. The average molecular weight is 475 g/mol. The van der Waals surface area contributed by atoms with E-state index in [0.29, 0.717) is 16.9 Å². The Hall–Kier alpha value is -3.95. The summed E-state index contributed by atoms with van der Waals surface area (Å²) in [4.78, 5) is 18.2. The molecule has 3 aromatic carbocycles. The van der Waals surface area contributed by atoms with Crippen LogP contribution in [0.15, 0.2) is 102 Å². The van der Waals surface area contributed by atoms with Gasteiger partial charge in [0.15, 0.2) is 4.96 Å². The maximum Gasteiger partial charge on any atom is 0.261 e. The van der Waals surface area contributed by atoms with Gasteiger partial charge in [-0.05, 0) is 48.5 Å². The van der Waals surface area contributed by atoms with Gasteiger partial charge in [0.1, 0.15) is 0 Å². The van der Waals surface area contributed by atoms with Crippen molar-refractivity contribution in [2.24, 2.45) is 0 Å². The molecule has 164 valence electrons. The molecule has 0 aliphatic rings. The van der Waals surface area contributed by atoms with E-state index in [1.807, 2.05) is 46.4 Å². The molecule has 0 unspecified atom stereocenters. The van der Waals surface area contributed by atoms with Crippen LogP contribution in [0.3, 0.4) is 0 Å². The summed E-state index contributed by atoms with van der Waals surface area (Å²) in [6.07, 6.45) is 3.92. The number of rotatable bonds is 6. The fourth-order valence-electron chi connectivity index (χ4n) is 3.30. The molecule has 33 heavy (non-hydrogen) atoms. The number of sulfonamides is 1. The van der Waals surface area contributed by atoms with Crippen molar-refractivity contribution in [2.75, 3.05) is 10.0 Å². The summed E-state index contributed by atoms with van der Waals surface area (Å²) >= 11 is 1.57. The van der Waals surface area contributed by atoms with E-state index in [4.69, 9.17) is 0 Å². The number of carbonyl (C=O) groups excluding carboxylic acids is 1. The summed E-state index contributed by atoms with van der Waals surface area (Å²) in [7, 11) is -3.74. The summed E-state index contributed by atoms with van der Waals surface area (Å²) in [6, 6.07) is 21.8. The van der Waals surface area contributed by atoms with Crippen molar-refractivity contribution in [3.63, 3.8) is 0 Å². The molecule has 9 heteroatoms. The number of carbonyl (C=O) groups is 1. The molecule has 5 aromatic rings. The monoisotopic (exact) mass is 474 g/mol. The zero-order valence-corrected chi connectivity index (χ0v) is 18.8. The minimum atomic E-state index is -3.74. The Labute approximate surface area is 194 Å². The SMILES string of the molecule is O=C(Nc1ccc(-c2cn3ccsc3n2)cc1)c1ccc(S(=O)(=O)Nc2ccccc2)cc1. The van der Waals surface area contributed by atoms with Crippen LogP contribution in [0, 0.1) is 0 Å². The Bertz CT molecular complexity index is 1490. The number of amides is 1. The van der Waals surface area contributed by atoms with Crippen LogP contribution in [0.2, 0.25) is 0 Å². The van der Waals surface area contributed by atoms with Gasteiger partial charge in [-0.15, -0.1) is 11.3 Å². The first-order valence-electron chi connectivity index (χ1n) is 10.00. The third-order valence-corrected chi connectivity index (χ3v) is 7.15. The van der Waals surface area contributed by atoms with Crippen molar-refractivity contribution < 1.29 is 13.2 Å². The highest BCUT2D eigenvalue weighted by molar-refractivity contribution is 7.92. The van der Waals surface area contributed by atoms with Crippen molar-refractivity contribution in [3.8, 4) is 11.3 Å². The Morgan fingerprint density at radius 1 is 0.879 bits per heavy atom. The van der Waals surface area contributed by atoms with Crippen LogP contribution in [-0.4, -0.2) is 23.7 Å². The lowest BCUT2D eigenvalue weighted by molar-refractivity contribution is 0.102. The summed E-state index contributed by atoms with van der Waals surface area (Å²) < 4.78 is 29.6. The average Bonchev–Trinajstić information content (AvgIpc) is 3.43. The number of fused-ring (bicyclic) bond motifs is 1. The molecular weight excluding hydrogens is 456 g/mol. The predicted molar refractivity (Wildman–Crippen MR) is 130 cm³/mol. The number of imidazole rings is 1. The zero-order valence-electron chi connectivity index (χ0n) is 17.2. The summed E-state index contributed by atoms with van der Waals surface area (Å²) in [5.41, 5.74) is 3.27. The lowest BCUT2D eigenvalue weighted by Gasteiger charge is -2.09. The van der Waals surface area contributed by atoms with Crippen LogP contribution in [0.1, 0.15) is 10.4 Å². The van der Waals surface area contributed by atoms with Crippen LogP contribution >= 0.6 is 11.3 Å². The van der Waals surface area contributed by atoms with Gasteiger partial charge < -0.3 is 5.32 Å². The maximum atomic E-state index is 12.6. The quantitative estimate of drug-likeness (QED) is 0.357. The Kier molecular flexibility index (Phi) is 5.41. The van der Waals surface area contributed by atoms with Crippen LogP contribution < -0.4 is 10.0 Å². The van der Waals surface area contributed by atoms with Crippen molar-refractivity contribution in [2.45, 2.75) is 4.90 Å². The van der Waals surface area contributed by atoms with Crippen LogP contribution in [0.25, 0.3) is 16.2 Å². The molecule has 7 nitrogen and oxygen atoms in total. The molecule has 0 spiro atoms. The van der Waals surface area contributed by atoms with Crippen molar-refractivity contribution >= 4 is 43.6 Å². The molecular formula is C24H18N4O3S2. The molecule has 0 bridgehead atoms. The number of aromatic nitrogens is 2. The second-order valence-electron chi connectivity index (χ2n) is 7.25. The van der Waals surface area contributed by atoms with Gasteiger partial charge >= 0.3 is 0 Å². The number of nitrogens with one attached hydrogen (secondary N) is 2. The molecule has 0 atom stereocenters. The Morgan fingerprint density at radius 2 is 1.61 bits per heavy atom. The van der Waals surface area contributed by atoms with Gasteiger partial charge in [0, 0.05) is 40.3 Å². The van der Waals surface area contributed by atoms with Gasteiger partial charge in [-0.3, -0.25) is 13.9 Å². The van der Waals surface area contributed by atoms with E-state index in [2.05, 4.69) is 15.0 Å². The van der Waals surface area contributed by atoms with E-state index in [1.54, 1.807) is 41.7 Å². The van der Waals surface area contributed by atoms with Gasteiger partial charge in [-0.1, -0.05) is 30.3 Å². The van der Waals surface area contributed by atoms with E-state index < -0.39 is 10.0 Å². The third kappa shape index (κ3) is 4.50. The van der Waals surface area contributed by atoms with Gasteiger partial charge in [0.2, 0.25) is 0 Å². The highest BCUT2D eigenvalue weighted by Crippen LogP contribution is 2.23. The normalized spacial score (nSPS) is 11.4. The molecule has 1 amide bonds. The van der Waals surface area contributed by atoms with E-state index in [-0.39, 0.29) is 10.8 Å². The van der Waals surface area contributed by atoms with E-state index in [9.17, 15) is 13.2 Å². The van der Waals surface area contributed by atoms with E-state index in [1.165, 1.54) is 24.3 Å². The van der Waals surface area contributed by atoms with Gasteiger partial charge in [-0.25, -0.2) is 13.4 Å². The summed E-state index contributed by atoms with van der Waals surface area (Å²) in [5, 5.41) is 4.81. The van der Waals surface area contributed by atoms with E-state index in [0.717, 1.165) is 16.2 Å². The first-order chi connectivity index (χ1) is 16.0. The number of nitrogens with zero attached hydrogens (tertiary/aromatic N) is 2. The molecule has 0 radical (unpaired) electrons. The van der Waals surface area contributed by atoms with Gasteiger partial charge in [0.25, 0.3) is 15.9 Å². The molecule has 0 aliphatic heterocycles. The Morgan fingerprint density at radius 3 is 2.30 bits per heavy atom. The molecule has 0 saturated carbocycles. The zero-order chi connectivity index (χ0) is 22.8. The van der Waals surface area contributed by atoms with E-state index >= 15 is 0 Å². The number of para-hydroxylation sites is 1. The predicted octanol–water partition coefficient (Wildman–Crippen LogP) is 5.12. The minimum absolute atomic E-state index is 0.0761. The van der Waals surface area contributed by atoms with Crippen LogP contribution in [0.4, 0.5) is 11.4 Å². The summed E-state index contributed by atoms with van der Waals surface area (Å²) in [6.45, 7) is 0. The molecule has 2 N–H and O–H groups in total. The molecule has 0 aliphatic carbocycles. The molecule has 0 saturated heterocycles. The fourth-order valence-corrected chi connectivity index (χ4v) is 5.06. The first kappa shape index (κ1) is 20.9. The second-order valence-corrected chi connectivity index (χ2v) is 9.80. The lowest BCUT2D eigenvalue weighted by atomic mass is 10.1. The number of thiazole rings is 1. The third-order valence-electron chi connectivity index (χ3n) is 4.98. The number of hydrogen-bond acceptors (Lipinski definition) is 5. The Balaban J connectivity index is 1.26. The number of hydrogen-bond donors (Lipinski definition) is 2. The molecule has 0 fully saturated rings. The van der Waals surface area contributed by atoms with Gasteiger partial charge in [0.05, 0.1) is 10.6 Å². The number of anilines is 2. The summed E-state index contributed by atoms with van der Waals surface area (Å²) in [5.74, 6) is -0.328. The first-order valence-corrected chi connectivity index (χ1v) is 12.4. The smallest absolute Gasteiger partial charge is 0.261 e. The van der Waals surface area contributed by atoms with Gasteiger partial charge in [-0.2, -0.15) is 0 Å². The van der Waals surface area contributed by atoms with Crippen molar-refractivity contribution in [1.82, 2.24) is 9.38 Å². The van der Waals surface area contributed by atoms with Crippen LogP contribution in [0.5, 0.6) is 0 Å². The molecule has 2 heterocycles. The maximum absolute atomic E-state index is 12.6. The van der Waals surface area contributed by atoms with Crippen molar-refractivity contribution in [3.05, 3.63) is 102 Å². The minimum Gasteiger partial charge on any atom is -0.322 e. The standard InChI is InChI=1S/C24H18N4O3S2/c29-23(18-8-12-21(13-9-18)33(30,31)27-20-4-2-1-3-5-20)25-19-10-6-17(7-11-19)22-16-28-14-15-32-24(28)26-22/h1-16,27H,(H,25,29). The van der Waals surface area contributed by atoms with Crippen molar-refractivity contribution in [1.29, 1.82) is 0 Å². The largest absolute Gasteiger partial charge is 0.322 e. The fraction of sp³-hybridized carbons (Fsp3) is 0. The molecule has 5 rings (SSSR count). The lowest BCUT2D eigenvalue weighted by Crippen LogP contribution is -2.14. The molecule has 2 aromatic heterocycles. The highest BCUT2D eigenvalue weighted by Gasteiger charge is 2.15. The van der Waals surface area contributed by atoms with Crippen LogP contribution in [-0.2, 0) is 10.0 Å². The highest BCUT2D eigenvalue weighted by atomic mass is 32.2.